The van der Waals surface area contributed by atoms with Crippen molar-refractivity contribution in [1.82, 2.24) is 0 Å². The highest BCUT2D eigenvalue weighted by Gasteiger charge is 2.03. The smallest absolute Gasteiger partial charge is 0.131 e. The molecule has 0 saturated carbocycles. The van der Waals surface area contributed by atoms with Gasteiger partial charge in [-0.2, -0.15) is 5.26 Å². The van der Waals surface area contributed by atoms with E-state index >= 15 is 0 Å². The number of nitrogens with zero attached hydrogens (tertiary/aromatic N) is 3. The average molecular weight is 175 g/mol. The van der Waals surface area contributed by atoms with Gasteiger partial charge >= 0.3 is 0 Å². The second kappa shape index (κ2) is 4.21. The van der Waals surface area contributed by atoms with Gasteiger partial charge in [0.15, 0.2) is 0 Å². The van der Waals surface area contributed by atoms with E-state index in [0.717, 1.165) is 10.6 Å². The summed E-state index contributed by atoms with van der Waals surface area (Å²) in [6.07, 6.45) is 0. The van der Waals surface area contributed by atoms with Crippen molar-refractivity contribution in [3.8, 4) is 6.07 Å². The zero-order valence-electron chi connectivity index (χ0n) is 7.27. The van der Waals surface area contributed by atoms with Crippen LogP contribution < -0.4 is 5.01 Å². The third-order valence-corrected chi connectivity index (χ3v) is 1.65. The van der Waals surface area contributed by atoms with E-state index in [-0.39, 0.29) is 6.54 Å². The summed E-state index contributed by atoms with van der Waals surface area (Å²) < 4.78 is 0. The van der Waals surface area contributed by atoms with Gasteiger partial charge in [-0.05, 0) is 19.1 Å². The number of rotatable bonds is 3. The van der Waals surface area contributed by atoms with E-state index < -0.39 is 0 Å². The van der Waals surface area contributed by atoms with Gasteiger partial charge < -0.3 is 0 Å². The molecule has 66 valence electrons. The monoisotopic (exact) mass is 175 g/mol. The van der Waals surface area contributed by atoms with Crippen LogP contribution >= 0.6 is 0 Å². The minimum atomic E-state index is -0.0213. The number of nitroso groups, excluding NO2 is 1. The van der Waals surface area contributed by atoms with Crippen molar-refractivity contribution in [3.63, 3.8) is 0 Å². The molecule has 0 radical (unpaired) electrons. The molecule has 0 unspecified atom stereocenters. The molecule has 4 heteroatoms. The molecule has 0 amide bonds. The van der Waals surface area contributed by atoms with Crippen LogP contribution in [0.2, 0.25) is 0 Å². The van der Waals surface area contributed by atoms with Crippen molar-refractivity contribution >= 4 is 5.69 Å². The zero-order chi connectivity index (χ0) is 9.68. The Labute approximate surface area is 76.3 Å². The maximum Gasteiger partial charge on any atom is 0.131 e. The summed E-state index contributed by atoms with van der Waals surface area (Å²) in [5.41, 5.74) is 1.74. The first-order valence-electron chi connectivity index (χ1n) is 3.82. The Balaban J connectivity index is 2.86. The predicted molar refractivity (Wildman–Crippen MR) is 49.9 cm³/mol. The minimum Gasteiger partial charge on any atom is -0.215 e. The second-order valence-corrected chi connectivity index (χ2v) is 2.63. The molecule has 0 aromatic heterocycles. The Morgan fingerprint density at radius 2 is 2.08 bits per heavy atom. The quantitative estimate of drug-likeness (QED) is 0.401. The molecule has 0 N–H and O–H groups in total. The van der Waals surface area contributed by atoms with Gasteiger partial charge in [0.1, 0.15) is 6.54 Å². The van der Waals surface area contributed by atoms with Crippen LogP contribution in [0.25, 0.3) is 0 Å². The zero-order valence-corrected chi connectivity index (χ0v) is 7.27. The normalized spacial score (nSPS) is 8.92. The van der Waals surface area contributed by atoms with Gasteiger partial charge in [0.05, 0.1) is 17.0 Å². The largest absolute Gasteiger partial charge is 0.215 e. The summed E-state index contributed by atoms with van der Waals surface area (Å²) in [5.74, 6) is 0. The lowest BCUT2D eigenvalue weighted by Crippen LogP contribution is -2.14. The van der Waals surface area contributed by atoms with Crippen LogP contribution in [0.5, 0.6) is 0 Å². The summed E-state index contributed by atoms with van der Waals surface area (Å²) >= 11 is 0. The summed E-state index contributed by atoms with van der Waals surface area (Å²) in [5, 5.41) is 12.2. The molecule has 1 rings (SSSR count). The number of benzene rings is 1. The van der Waals surface area contributed by atoms with Crippen molar-refractivity contribution in [2.45, 2.75) is 6.92 Å². The molecule has 4 nitrogen and oxygen atoms in total. The fourth-order valence-electron chi connectivity index (χ4n) is 0.951. The SMILES string of the molecule is Cc1ccc(N(CC#N)N=O)cc1. The number of hydrogen-bond donors (Lipinski definition) is 0. The van der Waals surface area contributed by atoms with E-state index in [2.05, 4.69) is 5.29 Å². The molecule has 1 aromatic carbocycles. The molecule has 0 fully saturated rings. The Morgan fingerprint density at radius 3 is 2.54 bits per heavy atom. The molecule has 0 atom stereocenters. The molecule has 0 heterocycles. The van der Waals surface area contributed by atoms with E-state index in [1.54, 1.807) is 12.1 Å². The van der Waals surface area contributed by atoms with Crippen molar-refractivity contribution < 1.29 is 0 Å². The van der Waals surface area contributed by atoms with E-state index in [9.17, 15) is 4.91 Å². The molecular weight excluding hydrogens is 166 g/mol. The first kappa shape index (κ1) is 9.20. The number of hydrogen-bond acceptors (Lipinski definition) is 3. The first-order chi connectivity index (χ1) is 6.27. The van der Waals surface area contributed by atoms with Crippen molar-refractivity contribution in [2.75, 3.05) is 11.6 Å². The third kappa shape index (κ3) is 2.27. The molecule has 0 aliphatic carbocycles. The highest BCUT2D eigenvalue weighted by Crippen LogP contribution is 2.14. The molecule has 0 aliphatic rings. The Bertz CT molecular complexity index is 326. The summed E-state index contributed by atoms with van der Waals surface area (Å²) in [4.78, 5) is 10.3. The van der Waals surface area contributed by atoms with E-state index in [0.29, 0.717) is 5.69 Å². The molecule has 0 aliphatic heterocycles. The van der Waals surface area contributed by atoms with Crippen molar-refractivity contribution in [2.24, 2.45) is 5.29 Å². The van der Waals surface area contributed by atoms with Gasteiger partial charge in [-0.3, -0.25) is 0 Å². The van der Waals surface area contributed by atoms with Crippen LogP contribution in [0, 0.1) is 23.2 Å². The van der Waals surface area contributed by atoms with Crippen LogP contribution in [-0.2, 0) is 0 Å². The molecular formula is C9H9N3O. The fraction of sp³-hybridized carbons (Fsp3) is 0.222. The topological polar surface area (TPSA) is 56.5 Å². The second-order valence-electron chi connectivity index (χ2n) is 2.63. The molecule has 13 heavy (non-hydrogen) atoms. The average Bonchev–Trinajstić information content (AvgIpc) is 2.16. The lowest BCUT2D eigenvalue weighted by atomic mass is 10.2. The molecule has 0 bridgehead atoms. The Hall–Kier alpha value is -1.89. The van der Waals surface area contributed by atoms with E-state index in [4.69, 9.17) is 5.26 Å². The van der Waals surface area contributed by atoms with Gasteiger partial charge in [0.2, 0.25) is 0 Å². The van der Waals surface area contributed by atoms with Crippen LogP contribution in [0.3, 0.4) is 0 Å². The Morgan fingerprint density at radius 1 is 1.46 bits per heavy atom. The number of aryl methyl sites for hydroxylation is 1. The van der Waals surface area contributed by atoms with Gasteiger partial charge in [-0.1, -0.05) is 17.7 Å². The molecule has 0 saturated heterocycles. The van der Waals surface area contributed by atoms with Crippen molar-refractivity contribution in [1.29, 1.82) is 5.26 Å². The van der Waals surface area contributed by atoms with Gasteiger partial charge in [-0.15, -0.1) is 4.91 Å². The first-order valence-corrected chi connectivity index (χ1v) is 3.82. The van der Waals surface area contributed by atoms with Gasteiger partial charge in [0.25, 0.3) is 0 Å². The standard InChI is InChI=1S/C9H9N3O/c1-8-2-4-9(5-3-8)12(11-13)7-6-10/h2-5H,7H2,1H3. The fourth-order valence-corrected chi connectivity index (χ4v) is 0.951. The predicted octanol–water partition coefficient (Wildman–Crippen LogP) is 2.01. The van der Waals surface area contributed by atoms with E-state index in [1.165, 1.54) is 0 Å². The van der Waals surface area contributed by atoms with Crippen LogP contribution in [0.1, 0.15) is 5.56 Å². The number of nitriles is 1. The number of anilines is 1. The lowest BCUT2D eigenvalue weighted by Gasteiger charge is -2.10. The third-order valence-electron chi connectivity index (χ3n) is 1.65. The summed E-state index contributed by atoms with van der Waals surface area (Å²) in [6.45, 7) is 1.93. The lowest BCUT2D eigenvalue weighted by molar-refractivity contribution is 0.936. The van der Waals surface area contributed by atoms with E-state index in [1.807, 2.05) is 25.1 Å². The minimum absolute atomic E-state index is 0.0213. The summed E-state index contributed by atoms with van der Waals surface area (Å²) in [7, 11) is 0. The molecule has 1 aromatic rings. The maximum atomic E-state index is 10.3. The summed E-state index contributed by atoms with van der Waals surface area (Å²) in [6, 6.07) is 9.11. The van der Waals surface area contributed by atoms with Crippen LogP contribution in [0.15, 0.2) is 29.6 Å². The maximum absolute atomic E-state index is 10.3. The highest BCUT2D eigenvalue weighted by molar-refractivity contribution is 5.47. The Kier molecular flexibility index (Phi) is 2.98. The highest BCUT2D eigenvalue weighted by atomic mass is 16.3. The van der Waals surface area contributed by atoms with Crippen LogP contribution in [0.4, 0.5) is 5.69 Å². The van der Waals surface area contributed by atoms with Crippen molar-refractivity contribution in [3.05, 3.63) is 34.7 Å². The van der Waals surface area contributed by atoms with Crippen LogP contribution in [-0.4, -0.2) is 6.54 Å². The van der Waals surface area contributed by atoms with Gasteiger partial charge in [-0.25, -0.2) is 5.01 Å². The molecule has 0 spiro atoms. The van der Waals surface area contributed by atoms with Gasteiger partial charge in [0, 0.05) is 0 Å².